The standard InChI is InChI=1S/C38H59N3O7Si.C37H57N3O8Si.H4N2.H2O/c1-24(2)38(7,8)49(10,11)48-37-33(40-41-39)35(44-22-30-17-19-31(42-9)20-18-30)34(28(6)45-37)47-36-27(5)25(3)26(4)32(46-36)23-43-21-29-15-13-12-14-16-29;1-23(2)37(6,7)49(9,10)48-35-31(39-40-38)34(44-21-28-16-18-29(42-8)19-17-28)33(26(5)45-35)47-36-32(41)25(4)24(3)30(46-36)22-43-20-27-14-12-11-13-15-27;1-2;/h12-20,24-28,32-37H,21-23H2,1-11H3;11-19,23-26,30-36,41H,20-22H2,1-10H3;1-2H2;1H2/t25-,26-,27?,28-,32?,33?,34+,35+,36-,37+;24-,25-,26-,30?,31?,32?,33+,34+,35+,36-;;/m00../s1. The van der Waals surface area contributed by atoms with Gasteiger partial charge in [-0.2, -0.15) is 0 Å². The summed E-state index contributed by atoms with van der Waals surface area (Å²) in [6.45, 7) is 43.2. The third kappa shape index (κ3) is 22.5. The minimum atomic E-state index is -2.44. The topological polar surface area (TPSA) is 331 Å². The van der Waals surface area contributed by atoms with Crippen molar-refractivity contribution in [3.05, 3.63) is 152 Å². The van der Waals surface area contributed by atoms with Crippen LogP contribution in [0.5, 0.6) is 11.5 Å². The van der Waals surface area contributed by atoms with E-state index in [2.05, 4.69) is 153 Å². The van der Waals surface area contributed by atoms with Gasteiger partial charge in [-0.25, -0.2) is 0 Å². The monoisotopic (exact) mass is 1450 g/mol. The molecule has 0 aromatic heterocycles. The van der Waals surface area contributed by atoms with Gasteiger partial charge in [0.2, 0.25) is 0 Å². The molecular formula is C75H122N8O16Si2. The number of benzene rings is 4. The molecule has 566 valence electrons. The van der Waals surface area contributed by atoms with E-state index in [4.69, 9.17) is 65.7 Å². The number of rotatable bonds is 30. The van der Waals surface area contributed by atoms with Crippen LogP contribution in [0.1, 0.15) is 126 Å². The van der Waals surface area contributed by atoms with Crippen molar-refractivity contribution >= 4 is 16.6 Å². The lowest BCUT2D eigenvalue weighted by Gasteiger charge is -2.51. The number of nitrogens with two attached hydrogens (primary N) is 2. The third-order valence-corrected chi connectivity index (χ3v) is 31.8. The highest BCUT2D eigenvalue weighted by Crippen LogP contribution is 2.49. The normalized spacial score (nSPS) is 30.1. The van der Waals surface area contributed by atoms with Crippen molar-refractivity contribution in [3.8, 4) is 11.5 Å². The van der Waals surface area contributed by atoms with E-state index in [1.54, 1.807) is 14.2 Å². The second-order valence-electron chi connectivity index (χ2n) is 30.1. The Morgan fingerprint density at radius 1 is 0.475 bits per heavy atom. The van der Waals surface area contributed by atoms with E-state index in [-0.39, 0.29) is 64.6 Å². The van der Waals surface area contributed by atoms with Gasteiger partial charge in [-0.05, 0) is 143 Å². The summed E-state index contributed by atoms with van der Waals surface area (Å²) in [5.74, 6) is 10.7. The summed E-state index contributed by atoms with van der Waals surface area (Å²) < 4.78 is 89.7. The van der Waals surface area contributed by atoms with Gasteiger partial charge < -0.3 is 76.3 Å². The molecule has 6 unspecified atom stereocenters. The number of aliphatic hydroxyl groups is 1. The predicted octanol–water partition coefficient (Wildman–Crippen LogP) is 14.5. The minimum Gasteiger partial charge on any atom is -0.497 e. The fourth-order valence-electron chi connectivity index (χ4n) is 12.8. The summed E-state index contributed by atoms with van der Waals surface area (Å²) in [6, 6.07) is 33.8. The molecule has 4 aliphatic heterocycles. The first-order chi connectivity index (χ1) is 47.4. The summed E-state index contributed by atoms with van der Waals surface area (Å²) in [7, 11) is -1.59. The van der Waals surface area contributed by atoms with Crippen LogP contribution >= 0.6 is 0 Å². The van der Waals surface area contributed by atoms with Gasteiger partial charge in [0.05, 0.1) is 78.3 Å². The van der Waals surface area contributed by atoms with E-state index >= 15 is 0 Å². The van der Waals surface area contributed by atoms with Crippen molar-refractivity contribution in [2.45, 2.75) is 259 Å². The Bertz CT molecular complexity index is 2930. The molecule has 20 atom stereocenters. The van der Waals surface area contributed by atoms with Gasteiger partial charge in [0, 0.05) is 15.7 Å². The zero-order chi connectivity index (χ0) is 73.9. The van der Waals surface area contributed by atoms with Crippen LogP contribution in [0.15, 0.2) is 119 Å². The van der Waals surface area contributed by atoms with Crippen LogP contribution in [0.4, 0.5) is 0 Å². The molecule has 4 aromatic carbocycles. The van der Waals surface area contributed by atoms with E-state index in [9.17, 15) is 16.2 Å². The van der Waals surface area contributed by atoms with Crippen molar-refractivity contribution in [2.75, 3.05) is 27.4 Å². The molecule has 4 aliphatic rings. The second kappa shape index (κ2) is 39.8. The molecule has 4 heterocycles. The molecule has 0 amide bonds. The van der Waals surface area contributed by atoms with Gasteiger partial charge in [-0.3, -0.25) is 11.7 Å². The van der Waals surface area contributed by atoms with E-state index < -0.39 is 96.6 Å². The van der Waals surface area contributed by atoms with Crippen LogP contribution in [-0.4, -0.2) is 147 Å². The Balaban J connectivity index is 0.000000352. The van der Waals surface area contributed by atoms with Gasteiger partial charge in [-0.1, -0.05) is 185 Å². The summed E-state index contributed by atoms with van der Waals surface area (Å²) >= 11 is 0. The highest BCUT2D eigenvalue weighted by molar-refractivity contribution is 6.74. The van der Waals surface area contributed by atoms with Crippen molar-refractivity contribution in [1.82, 2.24) is 0 Å². The van der Waals surface area contributed by atoms with Crippen molar-refractivity contribution in [2.24, 2.45) is 63.3 Å². The van der Waals surface area contributed by atoms with Gasteiger partial charge in [-0.15, -0.1) is 0 Å². The highest BCUT2D eigenvalue weighted by Gasteiger charge is 2.56. The fraction of sp³-hybridized carbons (Fsp3) is 0.680. The molecule has 8 rings (SSSR count). The first kappa shape index (κ1) is 86.5. The minimum absolute atomic E-state index is 0. The van der Waals surface area contributed by atoms with Crippen molar-refractivity contribution < 1.29 is 76.3 Å². The van der Waals surface area contributed by atoms with E-state index in [0.29, 0.717) is 44.2 Å². The van der Waals surface area contributed by atoms with Gasteiger partial charge >= 0.3 is 0 Å². The average Bonchev–Trinajstić information content (AvgIpc) is 0.773. The zero-order valence-electron chi connectivity index (χ0n) is 63.8. The summed E-state index contributed by atoms with van der Waals surface area (Å²) in [5, 5.41) is 19.7. The van der Waals surface area contributed by atoms with Gasteiger partial charge in [0.1, 0.15) is 54.1 Å². The number of hydrazine groups is 1. The molecule has 7 N–H and O–H groups in total. The molecule has 0 radical (unpaired) electrons. The van der Waals surface area contributed by atoms with Crippen molar-refractivity contribution in [1.29, 1.82) is 0 Å². The van der Waals surface area contributed by atoms with Crippen LogP contribution in [-0.2, 0) is 82.6 Å². The van der Waals surface area contributed by atoms with Gasteiger partial charge in [0.25, 0.3) is 0 Å². The lowest BCUT2D eigenvalue weighted by molar-refractivity contribution is -0.332. The van der Waals surface area contributed by atoms with Crippen LogP contribution in [0, 0.1) is 41.4 Å². The molecule has 0 bridgehead atoms. The number of aliphatic hydroxyl groups excluding tert-OH is 1. The number of nitrogens with zero attached hydrogens (tertiary/aromatic N) is 6. The molecule has 0 spiro atoms. The molecule has 101 heavy (non-hydrogen) atoms. The lowest BCUT2D eigenvalue weighted by Crippen LogP contribution is -2.63. The number of hydrogen-bond donors (Lipinski definition) is 3. The van der Waals surface area contributed by atoms with Crippen LogP contribution in [0.3, 0.4) is 0 Å². The highest BCUT2D eigenvalue weighted by atomic mass is 28.4. The SMILES string of the molecule is COc1ccc(CO[C@@H]2C(N=[N+]=[N-])[C@@H](O[Si](C)(C)C(C)(C)C(C)C)O[C@@H](C)[C@H]2O[C@@H]2OC(COCc3ccccc3)[C@@H](C)[C@H](C)C2C)cc1.COc1ccc(CO[C@@H]2C(N=[N+]=[N-])[C@@H](O[Si](C)(C)C(C)(C)C(C)C)O[C@@H](C)[C@H]2O[C@@H]2OC(COCc3ccccc3)[C@@H](C)[C@H](C)C2O)cc1.NN.O. The molecular weight excluding hydrogens is 1330 g/mol. The average molecular weight is 1450 g/mol. The van der Waals surface area contributed by atoms with E-state index in [1.165, 1.54) is 0 Å². The van der Waals surface area contributed by atoms with Crippen LogP contribution in [0.25, 0.3) is 20.9 Å². The Hall–Kier alpha value is -5.11. The largest absolute Gasteiger partial charge is 0.497 e. The van der Waals surface area contributed by atoms with E-state index in [1.807, 2.05) is 118 Å². The quantitative estimate of drug-likeness (QED) is 0.0109. The number of ether oxygens (including phenoxy) is 12. The smallest absolute Gasteiger partial charge is 0.196 e. The second-order valence-corrected chi connectivity index (χ2v) is 39.2. The molecule has 26 heteroatoms. The van der Waals surface area contributed by atoms with Crippen molar-refractivity contribution in [3.63, 3.8) is 0 Å². The number of methoxy groups -OCH3 is 2. The molecule has 4 saturated heterocycles. The van der Waals surface area contributed by atoms with Crippen LogP contribution in [0.2, 0.25) is 36.3 Å². The Morgan fingerprint density at radius 2 is 0.822 bits per heavy atom. The Morgan fingerprint density at radius 3 is 1.18 bits per heavy atom. The maximum absolute atomic E-state index is 11.4. The summed E-state index contributed by atoms with van der Waals surface area (Å²) in [5.41, 5.74) is 23.7. The Labute approximate surface area is 603 Å². The zero-order valence-corrected chi connectivity index (χ0v) is 65.8. The third-order valence-electron chi connectivity index (χ3n) is 22.8. The number of azide groups is 2. The predicted molar refractivity (Wildman–Crippen MR) is 396 cm³/mol. The van der Waals surface area contributed by atoms with E-state index in [0.717, 1.165) is 33.8 Å². The summed E-state index contributed by atoms with van der Waals surface area (Å²) in [6.07, 6.45) is -8.40. The summed E-state index contributed by atoms with van der Waals surface area (Å²) in [4.78, 5) is 6.47. The molecule has 4 aromatic rings. The van der Waals surface area contributed by atoms with Crippen LogP contribution < -0.4 is 21.2 Å². The van der Waals surface area contributed by atoms with Gasteiger partial charge in [0.15, 0.2) is 41.8 Å². The fourth-order valence-corrected chi connectivity index (χ4v) is 17.8. The maximum Gasteiger partial charge on any atom is 0.196 e. The lowest BCUT2D eigenvalue weighted by atomic mass is 9.79. The maximum atomic E-state index is 11.4. The molecule has 24 nitrogen and oxygen atoms in total. The Kier molecular flexibility index (Phi) is 34.1. The molecule has 4 fully saturated rings. The first-order valence-electron chi connectivity index (χ1n) is 35.5. The first-order valence-corrected chi connectivity index (χ1v) is 41.3. The molecule has 0 aliphatic carbocycles. The number of hydrogen-bond acceptors (Lipinski definition) is 19. The molecule has 0 saturated carbocycles.